The van der Waals surface area contributed by atoms with Crippen molar-refractivity contribution in [2.45, 2.75) is 13.8 Å². The van der Waals surface area contributed by atoms with Crippen LogP contribution >= 0.6 is 0 Å². The Kier molecular flexibility index (Phi) is 3.95. The summed E-state index contributed by atoms with van der Waals surface area (Å²) in [6.45, 7) is 8.32. The van der Waals surface area contributed by atoms with Crippen molar-refractivity contribution in [3.8, 4) is 11.4 Å². The molecule has 2 atom stereocenters. The number of aryl methyl sites for hydroxylation is 2. The van der Waals surface area contributed by atoms with E-state index in [1.54, 1.807) is 15.0 Å². The zero-order valence-electron chi connectivity index (χ0n) is 18.0. The van der Waals surface area contributed by atoms with Crippen LogP contribution in [-0.4, -0.2) is 62.1 Å². The van der Waals surface area contributed by atoms with Crippen molar-refractivity contribution in [2.24, 2.45) is 11.8 Å². The minimum atomic E-state index is -0.0935. The molecule has 0 aromatic carbocycles. The Hall–Kier alpha value is -3.26. The molecule has 2 fully saturated rings. The minimum Gasteiger partial charge on any atom is -0.370 e. The SMILES string of the molecule is Cc1cn2nc(-c3cc(=O)n4cc(N5CC6CN(C)C[C@@H]6C5)ccc4n3)cc2c(C)n1. The third kappa shape index (κ3) is 3.01. The monoisotopic (exact) mass is 415 g/mol. The first-order valence-electron chi connectivity index (χ1n) is 10.8. The van der Waals surface area contributed by atoms with Crippen molar-refractivity contribution in [1.82, 2.24) is 28.9 Å². The molecule has 0 saturated carbocycles. The molecule has 1 unspecified atom stereocenters. The van der Waals surface area contributed by atoms with Gasteiger partial charge in [-0.3, -0.25) is 14.2 Å². The summed E-state index contributed by atoms with van der Waals surface area (Å²) < 4.78 is 3.45. The van der Waals surface area contributed by atoms with E-state index in [2.05, 4.69) is 33.0 Å². The molecule has 6 heterocycles. The average molecular weight is 416 g/mol. The fraction of sp³-hybridized carbons (Fsp3) is 0.391. The van der Waals surface area contributed by atoms with Gasteiger partial charge in [-0.15, -0.1) is 0 Å². The Morgan fingerprint density at radius 3 is 2.48 bits per heavy atom. The Labute approximate surface area is 179 Å². The first-order valence-corrected chi connectivity index (χ1v) is 10.8. The maximum atomic E-state index is 13.0. The van der Waals surface area contributed by atoms with Gasteiger partial charge in [0.05, 0.1) is 34.5 Å². The zero-order chi connectivity index (χ0) is 21.3. The van der Waals surface area contributed by atoms with Crippen LogP contribution < -0.4 is 10.5 Å². The lowest BCUT2D eigenvalue weighted by Crippen LogP contribution is -2.27. The molecule has 2 aliphatic heterocycles. The van der Waals surface area contributed by atoms with Gasteiger partial charge >= 0.3 is 0 Å². The number of hydrogen-bond acceptors (Lipinski definition) is 6. The first-order chi connectivity index (χ1) is 14.9. The summed E-state index contributed by atoms with van der Waals surface area (Å²) in [7, 11) is 2.20. The molecule has 31 heavy (non-hydrogen) atoms. The standard InChI is InChI=1S/C23H25N7O/c1-14-8-30-21(15(2)24-14)6-20(26-30)19-7-23(31)29-13-18(4-5-22(29)25-19)28-11-16-9-27(3)10-17(16)12-28/h4-8,13,16-17H,9-12H2,1-3H3/t16-,17?/m1/s1. The number of hydrogen-bond donors (Lipinski definition) is 0. The van der Waals surface area contributed by atoms with Gasteiger partial charge in [0, 0.05) is 38.4 Å². The van der Waals surface area contributed by atoms with E-state index in [4.69, 9.17) is 4.98 Å². The summed E-state index contributed by atoms with van der Waals surface area (Å²) in [5, 5.41) is 4.63. The second kappa shape index (κ2) is 6.62. The molecule has 158 valence electrons. The highest BCUT2D eigenvalue weighted by Crippen LogP contribution is 2.33. The molecule has 0 N–H and O–H groups in total. The Morgan fingerprint density at radius 2 is 1.71 bits per heavy atom. The van der Waals surface area contributed by atoms with Gasteiger partial charge in [-0.2, -0.15) is 5.10 Å². The van der Waals surface area contributed by atoms with Crippen molar-refractivity contribution in [2.75, 3.05) is 38.1 Å². The highest BCUT2D eigenvalue weighted by atomic mass is 16.1. The molecule has 0 radical (unpaired) electrons. The average Bonchev–Trinajstić information content (AvgIpc) is 3.40. The van der Waals surface area contributed by atoms with Crippen molar-refractivity contribution in [3.63, 3.8) is 0 Å². The molecule has 6 rings (SSSR count). The second-order valence-electron chi connectivity index (χ2n) is 9.07. The quantitative estimate of drug-likeness (QED) is 0.499. The second-order valence-corrected chi connectivity index (χ2v) is 9.07. The number of likely N-dealkylation sites (tertiary alicyclic amines) is 1. The molecule has 0 aliphatic carbocycles. The summed E-state index contributed by atoms with van der Waals surface area (Å²) in [6, 6.07) is 7.53. The van der Waals surface area contributed by atoms with Crippen LogP contribution in [0.4, 0.5) is 5.69 Å². The van der Waals surface area contributed by atoms with Crippen LogP contribution in [0.15, 0.2) is 41.5 Å². The van der Waals surface area contributed by atoms with E-state index in [1.165, 1.54) is 0 Å². The lowest BCUT2D eigenvalue weighted by Gasteiger charge is -2.21. The molecular weight excluding hydrogens is 390 g/mol. The first kappa shape index (κ1) is 18.5. The van der Waals surface area contributed by atoms with Crippen LogP contribution in [0, 0.1) is 25.7 Å². The van der Waals surface area contributed by atoms with Crippen LogP contribution in [0.1, 0.15) is 11.4 Å². The number of anilines is 1. The van der Waals surface area contributed by atoms with Crippen LogP contribution in [-0.2, 0) is 0 Å². The Balaban J connectivity index is 1.37. The lowest BCUT2D eigenvalue weighted by atomic mass is 10.0. The van der Waals surface area contributed by atoms with Crippen LogP contribution in [0.2, 0.25) is 0 Å². The molecule has 0 spiro atoms. The van der Waals surface area contributed by atoms with Crippen LogP contribution in [0.5, 0.6) is 0 Å². The van der Waals surface area contributed by atoms with E-state index in [-0.39, 0.29) is 5.56 Å². The van der Waals surface area contributed by atoms with Gasteiger partial charge in [0.15, 0.2) is 0 Å². The Morgan fingerprint density at radius 1 is 0.935 bits per heavy atom. The normalized spacial score (nSPS) is 21.5. The zero-order valence-corrected chi connectivity index (χ0v) is 18.0. The van der Waals surface area contributed by atoms with E-state index >= 15 is 0 Å². The molecule has 2 saturated heterocycles. The summed E-state index contributed by atoms with van der Waals surface area (Å²) in [4.78, 5) is 27.0. The minimum absolute atomic E-state index is 0.0935. The molecule has 8 heteroatoms. The topological polar surface area (TPSA) is 71.0 Å². The maximum absolute atomic E-state index is 13.0. The van der Waals surface area contributed by atoms with Crippen molar-refractivity contribution in [1.29, 1.82) is 0 Å². The molecule has 4 aromatic rings. The highest BCUT2D eigenvalue weighted by molar-refractivity contribution is 5.66. The van der Waals surface area contributed by atoms with Gasteiger partial charge in [0.1, 0.15) is 11.3 Å². The van der Waals surface area contributed by atoms with Gasteiger partial charge in [-0.1, -0.05) is 0 Å². The number of rotatable bonds is 2. The number of nitrogens with zero attached hydrogens (tertiary/aromatic N) is 7. The molecule has 8 nitrogen and oxygen atoms in total. The summed E-state index contributed by atoms with van der Waals surface area (Å²) in [6.07, 6.45) is 3.81. The van der Waals surface area contributed by atoms with E-state index < -0.39 is 0 Å². The lowest BCUT2D eigenvalue weighted by molar-refractivity contribution is 0.387. The Bertz CT molecular complexity index is 1370. The van der Waals surface area contributed by atoms with E-state index in [1.807, 2.05) is 38.4 Å². The summed E-state index contributed by atoms with van der Waals surface area (Å²) in [5.74, 6) is 1.43. The van der Waals surface area contributed by atoms with E-state index in [0.717, 1.165) is 60.6 Å². The number of pyridine rings is 1. The molecule has 0 bridgehead atoms. The fourth-order valence-corrected chi connectivity index (χ4v) is 5.26. The summed E-state index contributed by atoms with van der Waals surface area (Å²) in [5.41, 5.74) is 5.61. The van der Waals surface area contributed by atoms with Crippen molar-refractivity contribution in [3.05, 3.63) is 58.4 Å². The predicted octanol–water partition coefficient (Wildman–Crippen LogP) is 2.02. The van der Waals surface area contributed by atoms with Crippen molar-refractivity contribution >= 4 is 16.9 Å². The number of aromatic nitrogens is 5. The molecule has 0 amide bonds. The fourth-order valence-electron chi connectivity index (χ4n) is 5.26. The third-order valence-corrected chi connectivity index (χ3v) is 6.70. The van der Waals surface area contributed by atoms with Gasteiger partial charge in [-0.05, 0) is 50.9 Å². The maximum Gasteiger partial charge on any atom is 0.258 e. The van der Waals surface area contributed by atoms with Gasteiger partial charge in [-0.25, -0.2) is 9.50 Å². The third-order valence-electron chi connectivity index (χ3n) is 6.70. The van der Waals surface area contributed by atoms with Crippen molar-refractivity contribution < 1.29 is 0 Å². The smallest absolute Gasteiger partial charge is 0.258 e. The number of fused-ring (bicyclic) bond motifs is 3. The molecule has 2 aliphatic rings. The highest BCUT2D eigenvalue weighted by Gasteiger charge is 2.38. The van der Waals surface area contributed by atoms with Crippen LogP contribution in [0.25, 0.3) is 22.6 Å². The molecule has 4 aromatic heterocycles. The van der Waals surface area contributed by atoms with Crippen LogP contribution in [0.3, 0.4) is 0 Å². The van der Waals surface area contributed by atoms with Gasteiger partial charge < -0.3 is 9.80 Å². The van der Waals surface area contributed by atoms with E-state index in [0.29, 0.717) is 17.0 Å². The van der Waals surface area contributed by atoms with Gasteiger partial charge in [0.25, 0.3) is 5.56 Å². The van der Waals surface area contributed by atoms with E-state index in [9.17, 15) is 4.79 Å². The largest absolute Gasteiger partial charge is 0.370 e. The van der Waals surface area contributed by atoms with Gasteiger partial charge in [0.2, 0.25) is 0 Å². The predicted molar refractivity (Wildman–Crippen MR) is 120 cm³/mol. The molecular formula is C23H25N7O. The summed E-state index contributed by atoms with van der Waals surface area (Å²) >= 11 is 0.